The molecule has 4 heteroatoms. The summed E-state index contributed by atoms with van der Waals surface area (Å²) in [6, 6.07) is 0.136. The molecule has 11 heavy (non-hydrogen) atoms. The highest BCUT2D eigenvalue weighted by molar-refractivity contribution is 8.14. The van der Waals surface area contributed by atoms with Crippen molar-refractivity contribution in [2.75, 3.05) is 0 Å². The molecule has 0 aromatic heterocycles. The van der Waals surface area contributed by atoms with Gasteiger partial charge in [0.25, 0.3) is 0 Å². The van der Waals surface area contributed by atoms with Crippen molar-refractivity contribution in [2.24, 2.45) is 0 Å². The van der Waals surface area contributed by atoms with E-state index in [1.54, 1.807) is 0 Å². The van der Waals surface area contributed by atoms with Crippen molar-refractivity contribution >= 4 is 22.8 Å². The smallest absolute Gasteiger partial charge is 0.221 e. The van der Waals surface area contributed by atoms with Crippen molar-refractivity contribution in [3.63, 3.8) is 0 Å². The Morgan fingerprint density at radius 3 is 2.73 bits per heavy atom. The van der Waals surface area contributed by atoms with Crippen molar-refractivity contribution in [1.29, 1.82) is 0 Å². The molecule has 1 aliphatic heterocycles. The van der Waals surface area contributed by atoms with Crippen molar-refractivity contribution in [3.05, 3.63) is 0 Å². The summed E-state index contributed by atoms with van der Waals surface area (Å²) in [4.78, 5) is 21.5. The Morgan fingerprint density at radius 2 is 2.36 bits per heavy atom. The minimum atomic E-state index is 0.0521. The number of carbonyl (C=O) groups excluding carboxylic acids is 2. The third kappa shape index (κ3) is 2.22. The number of amides is 1. The Morgan fingerprint density at radius 1 is 1.73 bits per heavy atom. The van der Waals surface area contributed by atoms with Gasteiger partial charge >= 0.3 is 0 Å². The van der Waals surface area contributed by atoms with E-state index in [1.165, 1.54) is 18.7 Å². The number of rotatable bonds is 1. The van der Waals surface area contributed by atoms with Gasteiger partial charge in [0.05, 0.1) is 0 Å². The fourth-order valence-electron chi connectivity index (χ4n) is 1.12. The molecule has 1 heterocycles. The van der Waals surface area contributed by atoms with Gasteiger partial charge in [-0.1, -0.05) is 11.8 Å². The van der Waals surface area contributed by atoms with E-state index in [1.807, 2.05) is 6.92 Å². The maximum atomic E-state index is 10.8. The van der Waals surface area contributed by atoms with Crippen molar-refractivity contribution in [3.8, 4) is 0 Å². The highest BCUT2D eigenvalue weighted by Gasteiger charge is 2.30. The van der Waals surface area contributed by atoms with Crippen LogP contribution < -0.4 is 5.32 Å². The van der Waals surface area contributed by atoms with Crippen LogP contribution in [0.3, 0.4) is 0 Å². The molecule has 1 aliphatic rings. The molecule has 1 fully saturated rings. The summed E-state index contributed by atoms with van der Waals surface area (Å²) in [5.41, 5.74) is 0. The Bertz CT molecular complexity index is 193. The average Bonchev–Trinajstić information content (AvgIpc) is 2.09. The lowest BCUT2D eigenvalue weighted by Gasteiger charge is -2.10. The molecule has 0 unspecified atom stereocenters. The summed E-state index contributed by atoms with van der Waals surface area (Å²) in [5, 5.41) is 2.98. The van der Waals surface area contributed by atoms with E-state index >= 15 is 0 Å². The van der Waals surface area contributed by atoms with Crippen LogP contribution in [0.25, 0.3) is 0 Å². The highest BCUT2D eigenvalue weighted by Crippen LogP contribution is 2.23. The maximum Gasteiger partial charge on any atom is 0.221 e. The summed E-state index contributed by atoms with van der Waals surface area (Å²) in [6.07, 6.45) is 0.478. The van der Waals surface area contributed by atoms with Gasteiger partial charge in [-0.15, -0.1) is 0 Å². The third-order valence-electron chi connectivity index (χ3n) is 1.65. The quantitative estimate of drug-likeness (QED) is 0.629. The molecule has 0 aliphatic carbocycles. The van der Waals surface area contributed by atoms with E-state index < -0.39 is 0 Å². The zero-order valence-corrected chi connectivity index (χ0v) is 7.40. The molecule has 0 aromatic rings. The highest BCUT2D eigenvalue weighted by atomic mass is 32.2. The Kier molecular flexibility index (Phi) is 2.54. The fraction of sp³-hybridized carbons (Fsp3) is 0.714. The molecule has 0 spiro atoms. The molecule has 1 rings (SSSR count). The second-order valence-corrected chi connectivity index (χ2v) is 4.12. The van der Waals surface area contributed by atoms with Gasteiger partial charge in [-0.05, 0) is 6.92 Å². The molecule has 62 valence electrons. The van der Waals surface area contributed by atoms with Crippen LogP contribution in [-0.4, -0.2) is 22.3 Å². The summed E-state index contributed by atoms with van der Waals surface area (Å²) in [5.74, 6) is 0.0521. The first-order valence-electron chi connectivity index (χ1n) is 3.56. The predicted octanol–water partition coefficient (Wildman–Crippen LogP) is 0.543. The van der Waals surface area contributed by atoms with Gasteiger partial charge in [0.15, 0.2) is 5.12 Å². The summed E-state index contributed by atoms with van der Waals surface area (Å²) in [7, 11) is 0. The van der Waals surface area contributed by atoms with E-state index in [2.05, 4.69) is 5.32 Å². The maximum absolute atomic E-state index is 10.8. The lowest BCUT2D eigenvalue weighted by Crippen LogP contribution is -2.26. The minimum Gasteiger partial charge on any atom is -0.352 e. The van der Waals surface area contributed by atoms with Gasteiger partial charge in [-0.2, -0.15) is 0 Å². The van der Waals surface area contributed by atoms with Crippen LogP contribution in [0.5, 0.6) is 0 Å². The largest absolute Gasteiger partial charge is 0.352 e. The lowest BCUT2D eigenvalue weighted by molar-refractivity contribution is -0.119. The van der Waals surface area contributed by atoms with E-state index in [0.717, 1.165) is 0 Å². The molecule has 3 nitrogen and oxygen atoms in total. The van der Waals surface area contributed by atoms with Gasteiger partial charge in [0.2, 0.25) is 5.91 Å². The zero-order valence-electron chi connectivity index (χ0n) is 6.59. The first-order chi connectivity index (χ1) is 5.09. The van der Waals surface area contributed by atoms with E-state index in [4.69, 9.17) is 0 Å². The van der Waals surface area contributed by atoms with E-state index in [9.17, 15) is 9.59 Å². The number of hydrogen-bond donors (Lipinski definition) is 1. The third-order valence-corrected chi connectivity index (χ3v) is 2.86. The monoisotopic (exact) mass is 173 g/mol. The van der Waals surface area contributed by atoms with Crippen LogP contribution in [0.15, 0.2) is 0 Å². The molecule has 0 saturated carbocycles. The molecule has 0 bridgehead atoms. The molecular weight excluding hydrogens is 162 g/mol. The van der Waals surface area contributed by atoms with Crippen LogP contribution in [0.1, 0.15) is 20.3 Å². The molecule has 2 atom stereocenters. The first-order valence-corrected chi connectivity index (χ1v) is 4.44. The van der Waals surface area contributed by atoms with Crippen LogP contribution in [0.2, 0.25) is 0 Å². The minimum absolute atomic E-state index is 0.0521. The standard InChI is InChI=1S/C7H11NO2S/c1-4-6(11-5(2)9)3-7(10)8-4/h4,6H,3H2,1-2H3,(H,8,10)/t4-,6+/m0/s1. The SMILES string of the molecule is CC(=O)S[C@@H]1CC(=O)N[C@H]1C. The Labute approximate surface area is 69.9 Å². The van der Waals surface area contributed by atoms with Gasteiger partial charge in [-0.3, -0.25) is 9.59 Å². The van der Waals surface area contributed by atoms with Gasteiger partial charge in [0, 0.05) is 24.6 Å². The normalized spacial score (nSPS) is 30.2. The number of hydrogen-bond acceptors (Lipinski definition) is 3. The molecule has 1 saturated heterocycles. The topological polar surface area (TPSA) is 46.2 Å². The summed E-state index contributed by atoms with van der Waals surface area (Å²) in [6.45, 7) is 3.45. The number of carbonyl (C=O) groups is 2. The van der Waals surface area contributed by atoms with Crippen molar-refractivity contribution in [1.82, 2.24) is 5.32 Å². The molecule has 0 aromatic carbocycles. The van der Waals surface area contributed by atoms with Gasteiger partial charge < -0.3 is 5.32 Å². The van der Waals surface area contributed by atoms with Crippen LogP contribution in [-0.2, 0) is 9.59 Å². The van der Waals surface area contributed by atoms with Crippen molar-refractivity contribution in [2.45, 2.75) is 31.6 Å². The summed E-state index contributed by atoms with van der Waals surface area (Å²) >= 11 is 1.25. The van der Waals surface area contributed by atoms with Crippen LogP contribution in [0, 0.1) is 0 Å². The second-order valence-electron chi connectivity index (χ2n) is 2.71. The number of thioether (sulfide) groups is 1. The van der Waals surface area contributed by atoms with Gasteiger partial charge in [-0.25, -0.2) is 0 Å². The molecule has 0 radical (unpaired) electrons. The average molecular weight is 173 g/mol. The van der Waals surface area contributed by atoms with E-state index in [-0.39, 0.29) is 22.3 Å². The van der Waals surface area contributed by atoms with Crippen LogP contribution >= 0.6 is 11.8 Å². The fourth-order valence-corrected chi connectivity index (χ4v) is 2.06. The Balaban J connectivity index is 2.46. The van der Waals surface area contributed by atoms with E-state index in [0.29, 0.717) is 6.42 Å². The molecule has 1 amide bonds. The second kappa shape index (κ2) is 3.26. The lowest BCUT2D eigenvalue weighted by atomic mass is 10.2. The van der Waals surface area contributed by atoms with Crippen molar-refractivity contribution < 1.29 is 9.59 Å². The van der Waals surface area contributed by atoms with Crippen LogP contribution in [0.4, 0.5) is 0 Å². The first kappa shape index (κ1) is 8.59. The molecule has 1 N–H and O–H groups in total. The predicted molar refractivity (Wildman–Crippen MR) is 44.3 cm³/mol. The Hall–Kier alpha value is -0.510. The zero-order chi connectivity index (χ0) is 8.43. The molecular formula is C7H11NO2S. The van der Waals surface area contributed by atoms with Gasteiger partial charge in [0.1, 0.15) is 0 Å². The summed E-state index contributed by atoms with van der Waals surface area (Å²) < 4.78 is 0. The number of nitrogens with one attached hydrogen (secondary N) is 1.